The average molecular weight is 238 g/mol. The first-order chi connectivity index (χ1) is 8.33. The Bertz CT molecular complexity index is 259. The van der Waals surface area contributed by atoms with Crippen molar-refractivity contribution in [3.05, 3.63) is 18.7 Å². The smallest absolute Gasteiger partial charge is 0.0946 e. The summed E-state index contributed by atoms with van der Waals surface area (Å²) in [5.41, 5.74) is 0. The molecule has 0 aromatic carbocycles. The normalized spacial score (nSPS) is 12.8. The standard InChI is InChI=1S/C14H26N2O/c1-2-3-4-5-6-7-8-9-14(17)12-16-11-10-15-13-16/h10-11,13-14,17H,2-9,12H2,1H3. The minimum Gasteiger partial charge on any atom is -0.391 e. The number of aliphatic hydroxyl groups is 1. The van der Waals surface area contributed by atoms with Crippen LogP contribution in [0.4, 0.5) is 0 Å². The monoisotopic (exact) mass is 238 g/mol. The summed E-state index contributed by atoms with van der Waals surface area (Å²) < 4.78 is 1.94. The van der Waals surface area contributed by atoms with Crippen molar-refractivity contribution < 1.29 is 5.11 Å². The van der Waals surface area contributed by atoms with Gasteiger partial charge in [-0.15, -0.1) is 0 Å². The lowest BCUT2D eigenvalue weighted by Gasteiger charge is -2.10. The van der Waals surface area contributed by atoms with Crippen LogP contribution in [0.1, 0.15) is 58.3 Å². The van der Waals surface area contributed by atoms with Crippen LogP contribution >= 0.6 is 0 Å². The lowest BCUT2D eigenvalue weighted by atomic mass is 10.1. The van der Waals surface area contributed by atoms with Crippen LogP contribution in [0.3, 0.4) is 0 Å². The van der Waals surface area contributed by atoms with Crippen molar-refractivity contribution in [1.82, 2.24) is 9.55 Å². The van der Waals surface area contributed by atoms with E-state index in [9.17, 15) is 5.11 Å². The molecule has 0 aliphatic carbocycles. The van der Waals surface area contributed by atoms with Gasteiger partial charge in [-0.05, 0) is 6.42 Å². The third-order valence-electron chi connectivity index (χ3n) is 3.12. The predicted octanol–water partition coefficient (Wildman–Crippen LogP) is 3.38. The first-order valence-electron chi connectivity index (χ1n) is 6.96. The zero-order valence-electron chi connectivity index (χ0n) is 11.0. The van der Waals surface area contributed by atoms with Gasteiger partial charge in [-0.1, -0.05) is 51.9 Å². The predicted molar refractivity (Wildman–Crippen MR) is 70.8 cm³/mol. The van der Waals surface area contributed by atoms with Crippen molar-refractivity contribution >= 4 is 0 Å². The first-order valence-corrected chi connectivity index (χ1v) is 6.96. The highest BCUT2D eigenvalue weighted by molar-refractivity contribution is 4.75. The molecule has 1 rings (SSSR count). The maximum atomic E-state index is 9.81. The van der Waals surface area contributed by atoms with Gasteiger partial charge >= 0.3 is 0 Å². The molecular weight excluding hydrogens is 212 g/mol. The van der Waals surface area contributed by atoms with Crippen molar-refractivity contribution in [3.8, 4) is 0 Å². The molecular formula is C14H26N2O. The Morgan fingerprint density at radius 1 is 1.12 bits per heavy atom. The van der Waals surface area contributed by atoms with Crippen LogP contribution in [0, 0.1) is 0 Å². The fourth-order valence-corrected chi connectivity index (χ4v) is 2.07. The lowest BCUT2D eigenvalue weighted by molar-refractivity contribution is 0.140. The van der Waals surface area contributed by atoms with Gasteiger partial charge in [0.2, 0.25) is 0 Å². The van der Waals surface area contributed by atoms with Crippen LogP contribution in [0.15, 0.2) is 18.7 Å². The number of unbranched alkanes of at least 4 members (excludes halogenated alkanes) is 6. The van der Waals surface area contributed by atoms with Crippen LogP contribution in [0.5, 0.6) is 0 Å². The summed E-state index contributed by atoms with van der Waals surface area (Å²) in [6.07, 6.45) is 15.2. The minimum atomic E-state index is -0.222. The van der Waals surface area contributed by atoms with Crippen LogP contribution in [0.25, 0.3) is 0 Å². The topological polar surface area (TPSA) is 38.0 Å². The highest BCUT2D eigenvalue weighted by atomic mass is 16.3. The van der Waals surface area contributed by atoms with Gasteiger partial charge in [0.1, 0.15) is 0 Å². The third kappa shape index (κ3) is 7.16. The molecule has 0 aliphatic rings. The van der Waals surface area contributed by atoms with Crippen molar-refractivity contribution in [1.29, 1.82) is 0 Å². The van der Waals surface area contributed by atoms with Gasteiger partial charge in [-0.3, -0.25) is 0 Å². The number of rotatable bonds is 10. The molecule has 1 heterocycles. The van der Waals surface area contributed by atoms with E-state index in [0.29, 0.717) is 6.54 Å². The number of hydrogen-bond acceptors (Lipinski definition) is 2. The Morgan fingerprint density at radius 2 is 1.82 bits per heavy atom. The van der Waals surface area contributed by atoms with Gasteiger partial charge in [0.05, 0.1) is 12.4 Å². The van der Waals surface area contributed by atoms with Crippen molar-refractivity contribution in [2.75, 3.05) is 0 Å². The molecule has 1 unspecified atom stereocenters. The van der Waals surface area contributed by atoms with E-state index < -0.39 is 0 Å². The van der Waals surface area contributed by atoms with E-state index in [1.54, 1.807) is 12.5 Å². The maximum Gasteiger partial charge on any atom is 0.0946 e. The molecule has 3 nitrogen and oxygen atoms in total. The molecule has 0 bridgehead atoms. The molecule has 1 aromatic heterocycles. The zero-order valence-corrected chi connectivity index (χ0v) is 11.0. The van der Waals surface area contributed by atoms with Crippen molar-refractivity contribution in [2.24, 2.45) is 0 Å². The van der Waals surface area contributed by atoms with Gasteiger partial charge in [-0.25, -0.2) is 4.98 Å². The minimum absolute atomic E-state index is 0.222. The van der Waals surface area contributed by atoms with Crippen LogP contribution in [0.2, 0.25) is 0 Å². The molecule has 0 fully saturated rings. The summed E-state index contributed by atoms with van der Waals surface area (Å²) in [6.45, 7) is 2.92. The van der Waals surface area contributed by atoms with E-state index >= 15 is 0 Å². The van der Waals surface area contributed by atoms with Crippen molar-refractivity contribution in [2.45, 2.75) is 70.9 Å². The molecule has 98 valence electrons. The van der Waals surface area contributed by atoms with Crippen LogP contribution in [-0.2, 0) is 6.54 Å². The fraction of sp³-hybridized carbons (Fsp3) is 0.786. The summed E-state index contributed by atoms with van der Waals surface area (Å²) in [4.78, 5) is 3.97. The van der Waals surface area contributed by atoms with E-state index in [0.717, 1.165) is 12.8 Å². The third-order valence-corrected chi connectivity index (χ3v) is 3.12. The first kappa shape index (κ1) is 14.2. The number of imidazole rings is 1. The summed E-state index contributed by atoms with van der Waals surface area (Å²) in [5, 5.41) is 9.81. The molecule has 1 N–H and O–H groups in total. The summed E-state index contributed by atoms with van der Waals surface area (Å²) in [6, 6.07) is 0. The van der Waals surface area contributed by atoms with E-state index in [2.05, 4.69) is 11.9 Å². The largest absolute Gasteiger partial charge is 0.391 e. The highest BCUT2D eigenvalue weighted by Gasteiger charge is 2.04. The highest BCUT2D eigenvalue weighted by Crippen LogP contribution is 2.10. The van der Waals surface area contributed by atoms with E-state index in [-0.39, 0.29) is 6.10 Å². The second-order valence-corrected chi connectivity index (χ2v) is 4.82. The molecule has 0 saturated heterocycles. The Morgan fingerprint density at radius 3 is 2.47 bits per heavy atom. The van der Waals surface area contributed by atoms with Crippen molar-refractivity contribution in [3.63, 3.8) is 0 Å². The van der Waals surface area contributed by atoms with Gasteiger partial charge in [0.15, 0.2) is 0 Å². The fourth-order valence-electron chi connectivity index (χ4n) is 2.07. The molecule has 0 spiro atoms. The molecule has 0 aliphatic heterocycles. The molecule has 0 saturated carbocycles. The van der Waals surface area contributed by atoms with E-state index in [1.165, 1.54) is 38.5 Å². The van der Waals surface area contributed by atoms with Crippen LogP contribution in [-0.4, -0.2) is 20.8 Å². The maximum absolute atomic E-state index is 9.81. The summed E-state index contributed by atoms with van der Waals surface area (Å²) in [5.74, 6) is 0. The second-order valence-electron chi connectivity index (χ2n) is 4.82. The Labute approximate surface area is 105 Å². The SMILES string of the molecule is CCCCCCCCCC(O)Cn1ccnc1. The van der Waals surface area contributed by atoms with E-state index in [4.69, 9.17) is 0 Å². The summed E-state index contributed by atoms with van der Waals surface area (Å²) in [7, 11) is 0. The van der Waals surface area contributed by atoms with Crippen LogP contribution < -0.4 is 0 Å². The van der Waals surface area contributed by atoms with Gasteiger partial charge < -0.3 is 9.67 Å². The zero-order chi connectivity index (χ0) is 12.3. The molecule has 0 radical (unpaired) electrons. The molecule has 1 atom stereocenters. The van der Waals surface area contributed by atoms with E-state index in [1.807, 2.05) is 10.8 Å². The summed E-state index contributed by atoms with van der Waals surface area (Å²) >= 11 is 0. The van der Waals surface area contributed by atoms with Gasteiger partial charge in [0, 0.05) is 18.9 Å². The second kappa shape index (κ2) is 9.23. The Kier molecular flexibility index (Phi) is 7.72. The van der Waals surface area contributed by atoms with Gasteiger partial charge in [-0.2, -0.15) is 0 Å². The molecule has 17 heavy (non-hydrogen) atoms. The average Bonchev–Trinajstić information content (AvgIpc) is 2.80. The molecule has 1 aromatic rings. The number of aliphatic hydroxyl groups excluding tert-OH is 1. The Balaban J connectivity index is 1.92. The molecule has 0 amide bonds. The number of aromatic nitrogens is 2. The Hall–Kier alpha value is -0.830. The molecule has 3 heteroatoms. The van der Waals surface area contributed by atoms with Gasteiger partial charge in [0.25, 0.3) is 0 Å². The number of hydrogen-bond donors (Lipinski definition) is 1. The number of nitrogens with zero attached hydrogens (tertiary/aromatic N) is 2. The quantitative estimate of drug-likeness (QED) is 0.634. The lowest BCUT2D eigenvalue weighted by Crippen LogP contribution is -2.14.